The van der Waals surface area contributed by atoms with Crippen LogP contribution in [-0.4, -0.2) is 32.6 Å². The number of para-hydroxylation sites is 1. The van der Waals surface area contributed by atoms with Gasteiger partial charge < -0.3 is 10.1 Å². The molecule has 0 fully saturated rings. The highest BCUT2D eigenvalue weighted by molar-refractivity contribution is 6.00. The highest BCUT2D eigenvalue weighted by atomic mass is 16.6. The van der Waals surface area contributed by atoms with Crippen LogP contribution in [0, 0.1) is 15.5 Å². The van der Waals surface area contributed by atoms with Gasteiger partial charge in [-0.2, -0.15) is 4.98 Å². The summed E-state index contributed by atoms with van der Waals surface area (Å²) in [6.07, 6.45) is 1.05. The molecule has 1 atom stereocenters. The summed E-state index contributed by atoms with van der Waals surface area (Å²) in [7, 11) is 1.58. The van der Waals surface area contributed by atoms with Gasteiger partial charge in [0.15, 0.2) is 11.6 Å². The number of hydrogen-bond acceptors (Lipinski definition) is 7. The number of hydrogen-bond donors (Lipinski definition) is 1. The zero-order chi connectivity index (χ0) is 23.3. The number of ketones is 1. The van der Waals surface area contributed by atoms with Gasteiger partial charge in [-0.1, -0.05) is 38.1 Å². The zero-order valence-corrected chi connectivity index (χ0v) is 18.5. The predicted molar refractivity (Wildman–Crippen MR) is 122 cm³/mol. The Morgan fingerprint density at radius 3 is 2.73 bits per heavy atom. The van der Waals surface area contributed by atoms with E-state index in [1.54, 1.807) is 23.9 Å². The second kappa shape index (κ2) is 7.54. The first kappa shape index (κ1) is 20.9. The number of carbonyl (C=O) groups excluding carboxylic acids is 1. The number of Topliss-reactive ketones (excluding diaryl/α,β-unsaturated/α-hetero) is 1. The molecule has 1 aromatic heterocycles. The summed E-state index contributed by atoms with van der Waals surface area (Å²) < 4.78 is 7.12. The minimum atomic E-state index is -0.615. The van der Waals surface area contributed by atoms with Crippen molar-refractivity contribution in [2.24, 2.45) is 5.41 Å². The Hall–Kier alpha value is -4.01. The largest absolute Gasteiger partial charge is 0.496 e. The van der Waals surface area contributed by atoms with Crippen LogP contribution in [0.4, 0.5) is 11.6 Å². The highest BCUT2D eigenvalue weighted by Crippen LogP contribution is 2.46. The van der Waals surface area contributed by atoms with Gasteiger partial charge in [-0.15, -0.1) is 5.10 Å². The van der Waals surface area contributed by atoms with Crippen LogP contribution in [-0.2, 0) is 4.79 Å². The van der Waals surface area contributed by atoms with E-state index in [0.29, 0.717) is 47.1 Å². The van der Waals surface area contributed by atoms with E-state index in [1.165, 1.54) is 12.1 Å². The molecule has 1 unspecified atom stereocenters. The third-order valence-electron chi connectivity index (χ3n) is 6.08. The normalized spacial score (nSPS) is 18.9. The fourth-order valence-corrected chi connectivity index (χ4v) is 4.67. The topological polar surface area (TPSA) is 112 Å². The molecule has 168 valence electrons. The highest BCUT2D eigenvalue weighted by Gasteiger charge is 2.42. The fraction of sp³-hybridized carbons (Fsp3) is 0.292. The van der Waals surface area contributed by atoms with Crippen LogP contribution in [0.5, 0.6) is 5.75 Å². The van der Waals surface area contributed by atoms with Crippen molar-refractivity contribution in [2.45, 2.75) is 32.7 Å². The van der Waals surface area contributed by atoms with Gasteiger partial charge in [-0.25, -0.2) is 4.68 Å². The number of nitro benzene ring substituents is 1. The van der Waals surface area contributed by atoms with E-state index < -0.39 is 11.0 Å². The third kappa shape index (κ3) is 3.55. The number of rotatable bonds is 4. The number of nitrogens with one attached hydrogen (secondary N) is 1. The Morgan fingerprint density at radius 2 is 1.97 bits per heavy atom. The fourth-order valence-electron chi connectivity index (χ4n) is 4.67. The van der Waals surface area contributed by atoms with E-state index in [0.717, 1.165) is 5.70 Å². The number of allylic oxidation sites excluding steroid dienone is 2. The smallest absolute Gasteiger partial charge is 0.269 e. The van der Waals surface area contributed by atoms with Crippen LogP contribution in [0.1, 0.15) is 38.3 Å². The van der Waals surface area contributed by atoms with E-state index in [4.69, 9.17) is 14.8 Å². The molecular formula is C24H23N5O4. The van der Waals surface area contributed by atoms with E-state index in [2.05, 4.69) is 19.2 Å². The molecule has 5 rings (SSSR count). The van der Waals surface area contributed by atoms with Gasteiger partial charge in [-0.3, -0.25) is 14.9 Å². The number of methoxy groups -OCH3 is 1. The molecule has 33 heavy (non-hydrogen) atoms. The number of carbonyl (C=O) groups is 1. The predicted octanol–water partition coefficient (Wildman–Crippen LogP) is 4.52. The summed E-state index contributed by atoms with van der Waals surface area (Å²) in [5.41, 5.74) is 2.46. The molecule has 9 nitrogen and oxygen atoms in total. The lowest BCUT2D eigenvalue weighted by molar-refractivity contribution is -0.384. The molecule has 2 heterocycles. The summed E-state index contributed by atoms with van der Waals surface area (Å²) in [6, 6.07) is 13.2. The maximum atomic E-state index is 13.3. The molecule has 1 N–H and O–H groups in total. The molecule has 3 aromatic rings. The van der Waals surface area contributed by atoms with Gasteiger partial charge in [0.2, 0.25) is 5.95 Å². The monoisotopic (exact) mass is 445 g/mol. The Morgan fingerprint density at radius 1 is 1.18 bits per heavy atom. The van der Waals surface area contributed by atoms with Crippen LogP contribution in [0.15, 0.2) is 59.8 Å². The van der Waals surface area contributed by atoms with E-state index in [-0.39, 0.29) is 16.9 Å². The van der Waals surface area contributed by atoms with Crippen molar-refractivity contribution >= 4 is 17.4 Å². The SMILES string of the molecule is COc1ccccc1-c1nc2n(n1)C(c1cccc([N+](=O)[O-])c1)C1=C(CC(C)(C)CC1=O)N2. The second-order valence-electron chi connectivity index (χ2n) is 9.12. The maximum Gasteiger partial charge on any atom is 0.269 e. The molecule has 2 aromatic carbocycles. The maximum absolute atomic E-state index is 13.3. The third-order valence-corrected chi connectivity index (χ3v) is 6.08. The quantitative estimate of drug-likeness (QED) is 0.464. The first-order valence-corrected chi connectivity index (χ1v) is 10.6. The number of fused-ring (bicyclic) bond motifs is 1. The van der Waals surface area contributed by atoms with Gasteiger partial charge in [0, 0.05) is 29.8 Å². The molecule has 1 aliphatic heterocycles. The minimum absolute atomic E-state index is 0.00486. The number of ether oxygens (including phenoxy) is 1. The number of nitrogens with zero attached hydrogens (tertiary/aromatic N) is 4. The van der Waals surface area contributed by atoms with Crippen molar-refractivity contribution in [3.8, 4) is 17.1 Å². The summed E-state index contributed by atoms with van der Waals surface area (Å²) in [5, 5.41) is 19.5. The Labute approximate surface area is 190 Å². The number of non-ortho nitro benzene ring substituents is 1. The van der Waals surface area contributed by atoms with Crippen LogP contribution < -0.4 is 10.1 Å². The second-order valence-corrected chi connectivity index (χ2v) is 9.12. The van der Waals surface area contributed by atoms with Gasteiger partial charge in [-0.05, 0) is 29.5 Å². The van der Waals surface area contributed by atoms with Crippen LogP contribution >= 0.6 is 0 Å². The van der Waals surface area contributed by atoms with Gasteiger partial charge in [0.1, 0.15) is 11.8 Å². The Balaban J connectivity index is 1.71. The molecule has 0 radical (unpaired) electrons. The van der Waals surface area contributed by atoms with E-state index >= 15 is 0 Å². The van der Waals surface area contributed by atoms with Crippen molar-refractivity contribution in [1.29, 1.82) is 0 Å². The van der Waals surface area contributed by atoms with E-state index in [9.17, 15) is 14.9 Å². The molecule has 1 aliphatic carbocycles. The molecule has 0 saturated carbocycles. The lowest BCUT2D eigenvalue weighted by Crippen LogP contribution is -2.36. The molecule has 2 aliphatic rings. The van der Waals surface area contributed by atoms with Crippen molar-refractivity contribution in [2.75, 3.05) is 12.4 Å². The van der Waals surface area contributed by atoms with Crippen molar-refractivity contribution in [3.63, 3.8) is 0 Å². The number of aromatic nitrogens is 3. The Kier molecular flexibility index (Phi) is 4.77. The van der Waals surface area contributed by atoms with Crippen molar-refractivity contribution in [3.05, 3.63) is 75.5 Å². The first-order valence-electron chi connectivity index (χ1n) is 10.6. The van der Waals surface area contributed by atoms with Crippen molar-refractivity contribution in [1.82, 2.24) is 14.8 Å². The average Bonchev–Trinajstić information content (AvgIpc) is 3.20. The van der Waals surface area contributed by atoms with Gasteiger partial charge in [0.25, 0.3) is 5.69 Å². The summed E-state index contributed by atoms with van der Waals surface area (Å²) >= 11 is 0. The molecular weight excluding hydrogens is 422 g/mol. The number of benzene rings is 2. The minimum Gasteiger partial charge on any atom is -0.496 e. The van der Waals surface area contributed by atoms with Crippen LogP contribution in [0.2, 0.25) is 0 Å². The summed E-state index contributed by atoms with van der Waals surface area (Å²) in [6.45, 7) is 4.11. The number of nitro groups is 1. The summed E-state index contributed by atoms with van der Waals surface area (Å²) in [5.74, 6) is 1.56. The number of anilines is 1. The van der Waals surface area contributed by atoms with Gasteiger partial charge >= 0.3 is 0 Å². The Bertz CT molecular complexity index is 1320. The molecule has 0 bridgehead atoms. The zero-order valence-electron chi connectivity index (χ0n) is 18.5. The van der Waals surface area contributed by atoms with E-state index in [1.807, 2.05) is 24.3 Å². The van der Waals surface area contributed by atoms with Crippen LogP contribution in [0.3, 0.4) is 0 Å². The molecule has 0 saturated heterocycles. The standard InChI is InChI=1S/C24H23N5O4/c1-24(2)12-17-20(18(30)13-24)21(14-7-6-8-15(11-14)29(31)32)28-23(25-17)26-22(27-28)16-9-4-5-10-19(16)33-3/h4-11,21H,12-13H2,1-3H3,(H,25,26,27). The first-order chi connectivity index (χ1) is 15.8. The molecule has 0 spiro atoms. The lowest BCUT2D eigenvalue weighted by Gasteiger charge is -2.38. The summed E-state index contributed by atoms with van der Waals surface area (Å²) in [4.78, 5) is 29.0. The van der Waals surface area contributed by atoms with Crippen molar-refractivity contribution < 1.29 is 14.5 Å². The van der Waals surface area contributed by atoms with Crippen LogP contribution in [0.25, 0.3) is 11.4 Å². The van der Waals surface area contributed by atoms with Gasteiger partial charge in [0.05, 0.1) is 17.6 Å². The average molecular weight is 445 g/mol. The molecule has 0 amide bonds. The lowest BCUT2D eigenvalue weighted by atomic mass is 9.73. The molecule has 9 heteroatoms.